The Bertz CT molecular complexity index is 410. The lowest BCUT2D eigenvalue weighted by Gasteiger charge is -2.29. The van der Waals surface area contributed by atoms with E-state index >= 15 is 0 Å². The van der Waals surface area contributed by atoms with E-state index in [4.69, 9.17) is 0 Å². The summed E-state index contributed by atoms with van der Waals surface area (Å²) in [6.07, 6.45) is 5.72. The van der Waals surface area contributed by atoms with Crippen molar-refractivity contribution < 1.29 is 4.79 Å². The zero-order valence-corrected chi connectivity index (χ0v) is 12.5. The van der Waals surface area contributed by atoms with Crippen LogP contribution in [0.15, 0.2) is 30.3 Å². The van der Waals surface area contributed by atoms with Gasteiger partial charge in [0.25, 0.3) is 0 Å². The highest BCUT2D eigenvalue weighted by Gasteiger charge is 2.31. The van der Waals surface area contributed by atoms with Gasteiger partial charge < -0.3 is 10.2 Å². The van der Waals surface area contributed by atoms with Crippen molar-refractivity contribution in [2.24, 2.45) is 0 Å². The van der Waals surface area contributed by atoms with Gasteiger partial charge in [-0.15, -0.1) is 0 Å². The van der Waals surface area contributed by atoms with Crippen LogP contribution < -0.4 is 5.32 Å². The molecule has 1 saturated carbocycles. The number of benzene rings is 1. The minimum Gasteiger partial charge on any atom is -0.334 e. The molecule has 1 aliphatic carbocycles. The molecule has 2 rings (SSSR count). The lowest BCUT2D eigenvalue weighted by molar-refractivity contribution is 0.191. The summed E-state index contributed by atoms with van der Waals surface area (Å²) in [4.78, 5) is 14.1. The lowest BCUT2D eigenvalue weighted by Crippen LogP contribution is -2.45. The second-order valence-electron chi connectivity index (χ2n) is 5.03. The second-order valence-corrected chi connectivity index (χ2v) is 6.10. The number of nitrogens with one attached hydrogen (secondary N) is 1. The Labute approximate surface area is 119 Å². The molecule has 19 heavy (non-hydrogen) atoms. The maximum Gasteiger partial charge on any atom is 0.317 e. The van der Waals surface area contributed by atoms with Crippen molar-refractivity contribution in [3.05, 3.63) is 35.9 Å². The van der Waals surface area contributed by atoms with Crippen LogP contribution in [-0.2, 0) is 6.54 Å². The minimum absolute atomic E-state index is 0.0369. The van der Waals surface area contributed by atoms with Gasteiger partial charge in [0.05, 0.1) is 0 Å². The molecule has 0 aromatic heterocycles. The molecule has 0 radical (unpaired) electrons. The monoisotopic (exact) mass is 278 g/mol. The van der Waals surface area contributed by atoms with Crippen molar-refractivity contribution in [1.29, 1.82) is 0 Å². The first-order valence-corrected chi connectivity index (χ1v) is 8.08. The van der Waals surface area contributed by atoms with E-state index in [1.54, 1.807) is 0 Å². The van der Waals surface area contributed by atoms with Crippen LogP contribution in [0, 0.1) is 0 Å². The number of hydrogen-bond donors (Lipinski definition) is 1. The Morgan fingerprint density at radius 2 is 2.11 bits per heavy atom. The molecule has 0 spiro atoms. The third-order valence-corrected chi connectivity index (χ3v) is 4.98. The Morgan fingerprint density at radius 3 is 2.79 bits per heavy atom. The highest BCUT2D eigenvalue weighted by atomic mass is 32.2. The van der Waals surface area contributed by atoms with Crippen molar-refractivity contribution in [2.45, 2.75) is 37.1 Å². The van der Waals surface area contributed by atoms with E-state index in [0.717, 1.165) is 12.0 Å². The van der Waals surface area contributed by atoms with E-state index in [-0.39, 0.29) is 6.03 Å². The molecule has 2 atom stereocenters. The van der Waals surface area contributed by atoms with Crippen molar-refractivity contribution in [2.75, 3.05) is 13.3 Å². The van der Waals surface area contributed by atoms with Crippen molar-refractivity contribution >= 4 is 17.8 Å². The molecule has 2 amide bonds. The largest absolute Gasteiger partial charge is 0.334 e. The number of rotatable bonds is 4. The molecule has 104 valence electrons. The van der Waals surface area contributed by atoms with Gasteiger partial charge in [0.1, 0.15) is 0 Å². The van der Waals surface area contributed by atoms with Gasteiger partial charge in [-0.05, 0) is 24.7 Å². The first-order chi connectivity index (χ1) is 9.22. The summed E-state index contributed by atoms with van der Waals surface area (Å²) in [7, 11) is 1.92. The molecule has 0 aliphatic heterocycles. The number of thioether (sulfide) groups is 1. The van der Waals surface area contributed by atoms with Gasteiger partial charge in [0.15, 0.2) is 0 Å². The number of urea groups is 1. The molecule has 1 N–H and O–H groups in total. The molecule has 0 heterocycles. The molecule has 0 unspecified atom stereocenters. The first kappa shape index (κ1) is 14.3. The van der Waals surface area contributed by atoms with E-state index in [9.17, 15) is 4.79 Å². The fraction of sp³-hybridized carbons (Fsp3) is 0.533. The number of carbonyl (C=O) groups is 1. The molecule has 4 heteroatoms. The van der Waals surface area contributed by atoms with Gasteiger partial charge in [-0.2, -0.15) is 11.8 Å². The van der Waals surface area contributed by atoms with Gasteiger partial charge >= 0.3 is 6.03 Å². The van der Waals surface area contributed by atoms with Gasteiger partial charge in [-0.1, -0.05) is 36.8 Å². The predicted molar refractivity (Wildman–Crippen MR) is 81.4 cm³/mol. The van der Waals surface area contributed by atoms with Crippen LogP contribution in [0.25, 0.3) is 0 Å². The van der Waals surface area contributed by atoms with Crippen LogP contribution in [0.1, 0.15) is 24.8 Å². The van der Waals surface area contributed by atoms with Gasteiger partial charge in [0.2, 0.25) is 0 Å². The van der Waals surface area contributed by atoms with Crippen LogP contribution in [0.3, 0.4) is 0 Å². The summed E-state index contributed by atoms with van der Waals surface area (Å²) in [5.74, 6) is 0. The molecule has 0 saturated heterocycles. The standard InChI is InChI=1S/C15H22N2OS/c1-17(13-9-6-10-14(13)19-2)15(18)16-11-12-7-4-3-5-8-12/h3-5,7-8,13-14H,6,9-11H2,1-2H3,(H,16,18)/t13-,14-/m1/s1. The SMILES string of the molecule is CS[C@@H]1CCC[C@H]1N(C)C(=O)NCc1ccccc1. The Kier molecular flexibility index (Phi) is 5.14. The maximum absolute atomic E-state index is 12.2. The van der Waals surface area contributed by atoms with Crippen LogP contribution >= 0.6 is 11.8 Å². The summed E-state index contributed by atoms with van der Waals surface area (Å²) >= 11 is 1.88. The van der Waals surface area contributed by atoms with Crippen LogP contribution in [-0.4, -0.2) is 35.5 Å². The van der Waals surface area contributed by atoms with E-state index in [1.165, 1.54) is 12.8 Å². The molecule has 0 bridgehead atoms. The highest BCUT2D eigenvalue weighted by molar-refractivity contribution is 7.99. The summed E-state index contributed by atoms with van der Waals surface area (Å²) in [6.45, 7) is 0.598. The van der Waals surface area contributed by atoms with E-state index in [2.05, 4.69) is 11.6 Å². The number of carbonyl (C=O) groups excluding carboxylic acids is 1. The van der Waals surface area contributed by atoms with Crippen molar-refractivity contribution in [3.8, 4) is 0 Å². The Hall–Kier alpha value is -1.16. The average Bonchev–Trinajstić information content (AvgIpc) is 2.93. The molecule has 3 nitrogen and oxygen atoms in total. The molecule has 1 aromatic carbocycles. The second kappa shape index (κ2) is 6.85. The molecular weight excluding hydrogens is 256 g/mol. The summed E-state index contributed by atoms with van der Waals surface area (Å²) in [5, 5.41) is 3.59. The first-order valence-electron chi connectivity index (χ1n) is 6.79. The fourth-order valence-corrected chi connectivity index (χ4v) is 3.71. The topological polar surface area (TPSA) is 32.3 Å². The van der Waals surface area contributed by atoms with Crippen molar-refractivity contribution in [1.82, 2.24) is 10.2 Å². The summed E-state index contributed by atoms with van der Waals surface area (Å²) in [5.41, 5.74) is 1.14. The normalized spacial score (nSPS) is 22.2. The Morgan fingerprint density at radius 1 is 1.37 bits per heavy atom. The third-order valence-electron chi connectivity index (χ3n) is 3.82. The van der Waals surface area contributed by atoms with E-state index in [1.807, 2.05) is 54.0 Å². The van der Waals surface area contributed by atoms with E-state index < -0.39 is 0 Å². The fourth-order valence-electron chi connectivity index (χ4n) is 2.67. The zero-order chi connectivity index (χ0) is 13.7. The van der Waals surface area contributed by atoms with Crippen LogP contribution in [0.5, 0.6) is 0 Å². The zero-order valence-electron chi connectivity index (χ0n) is 11.6. The number of nitrogens with zero attached hydrogens (tertiary/aromatic N) is 1. The molecule has 1 aliphatic rings. The van der Waals surface area contributed by atoms with Crippen molar-refractivity contribution in [3.63, 3.8) is 0 Å². The summed E-state index contributed by atoms with van der Waals surface area (Å²) < 4.78 is 0. The number of amides is 2. The smallest absolute Gasteiger partial charge is 0.317 e. The Balaban J connectivity index is 1.85. The number of hydrogen-bond acceptors (Lipinski definition) is 2. The van der Waals surface area contributed by atoms with Gasteiger partial charge in [-0.25, -0.2) is 4.79 Å². The minimum atomic E-state index is 0.0369. The average molecular weight is 278 g/mol. The quantitative estimate of drug-likeness (QED) is 0.918. The van der Waals surface area contributed by atoms with Crippen LogP contribution in [0.4, 0.5) is 4.79 Å². The van der Waals surface area contributed by atoms with Crippen LogP contribution in [0.2, 0.25) is 0 Å². The highest BCUT2D eigenvalue weighted by Crippen LogP contribution is 2.31. The molecule has 1 aromatic rings. The predicted octanol–water partition coefficient (Wildman–Crippen LogP) is 3.11. The molecule has 1 fully saturated rings. The third kappa shape index (κ3) is 3.66. The van der Waals surface area contributed by atoms with E-state index in [0.29, 0.717) is 17.8 Å². The maximum atomic E-state index is 12.2. The van der Waals surface area contributed by atoms with Gasteiger partial charge in [0, 0.05) is 24.9 Å². The lowest BCUT2D eigenvalue weighted by atomic mass is 10.2. The van der Waals surface area contributed by atoms with Gasteiger partial charge in [-0.3, -0.25) is 0 Å². The molecular formula is C15H22N2OS. The summed E-state index contributed by atoms with van der Waals surface area (Å²) in [6, 6.07) is 10.4.